The third-order valence-electron chi connectivity index (χ3n) is 6.16. The first-order valence-electron chi connectivity index (χ1n) is 11.1. The first-order valence-corrected chi connectivity index (χ1v) is 14.0. The molecular weight excluding hydrogens is 560 g/mol. The van der Waals surface area contributed by atoms with Crippen LogP contribution < -0.4 is 21.0 Å². The van der Waals surface area contributed by atoms with E-state index in [1.807, 2.05) is 0 Å². The molecule has 0 aliphatic carbocycles. The molecule has 0 spiro atoms. The van der Waals surface area contributed by atoms with Gasteiger partial charge in [-0.3, -0.25) is 38.1 Å². The van der Waals surface area contributed by atoms with E-state index in [1.54, 1.807) is 0 Å². The zero-order valence-electron chi connectivity index (χ0n) is 20.6. The number of aryl methyl sites for hydroxylation is 1. The number of aliphatic hydroxyl groups is 1. The van der Waals surface area contributed by atoms with Crippen LogP contribution in [0.15, 0.2) is 15.8 Å². The van der Waals surface area contributed by atoms with Crippen LogP contribution in [0.1, 0.15) is 38.5 Å². The van der Waals surface area contributed by atoms with Crippen molar-refractivity contribution in [2.24, 2.45) is 0 Å². The molecule has 20 heteroatoms. The van der Waals surface area contributed by atoms with Crippen LogP contribution in [0.3, 0.4) is 0 Å². The Morgan fingerprint density at radius 2 is 1.95 bits per heavy atom. The SMILES string of the molecule is CO[C@H]1[C@@H](C)O[C@H](OP(=O)([O-])OP(=O)([O-])OC[C@H]2O[C@@H](n3cc(C)c(=O)[nH]c3=O)C[C@@H]2O)C[C@]1(C)[N+](=O)[O-]. The number of phosphoric ester groups is 2. The highest BCUT2D eigenvalue weighted by atomic mass is 31.3. The van der Waals surface area contributed by atoms with Gasteiger partial charge >= 0.3 is 5.69 Å². The average molecular weight is 587 g/mol. The van der Waals surface area contributed by atoms with Gasteiger partial charge in [-0.1, -0.05) is 0 Å². The second-order valence-corrected chi connectivity index (χ2v) is 11.9. The molecule has 0 amide bonds. The number of phosphoric acid groups is 2. The molecule has 216 valence electrons. The van der Waals surface area contributed by atoms with Gasteiger partial charge in [0.15, 0.2) is 12.4 Å². The number of nitrogens with one attached hydrogen (secondary N) is 1. The lowest BCUT2D eigenvalue weighted by Gasteiger charge is -2.42. The minimum Gasteiger partial charge on any atom is -0.756 e. The van der Waals surface area contributed by atoms with Crippen LogP contribution in [-0.2, 0) is 36.7 Å². The molecule has 3 rings (SSSR count). The Morgan fingerprint density at radius 3 is 2.55 bits per heavy atom. The number of aliphatic hydroxyl groups excluding tert-OH is 1. The van der Waals surface area contributed by atoms with Crippen LogP contribution in [0.4, 0.5) is 0 Å². The summed E-state index contributed by atoms with van der Waals surface area (Å²) in [5.74, 6) is 0. The molecular formula is C18H27N3O15P2-2. The van der Waals surface area contributed by atoms with Gasteiger partial charge in [-0.15, -0.1) is 0 Å². The summed E-state index contributed by atoms with van der Waals surface area (Å²) in [6.07, 6.45) is -7.17. The van der Waals surface area contributed by atoms with E-state index in [0.717, 1.165) is 4.57 Å². The van der Waals surface area contributed by atoms with Crippen LogP contribution in [0.25, 0.3) is 0 Å². The summed E-state index contributed by atoms with van der Waals surface area (Å²) in [6, 6.07) is 0. The third kappa shape index (κ3) is 6.84. The number of nitro groups is 1. The monoisotopic (exact) mass is 587 g/mol. The van der Waals surface area contributed by atoms with Gasteiger partial charge in [0.2, 0.25) is 0 Å². The molecule has 2 N–H and O–H groups in total. The van der Waals surface area contributed by atoms with Crippen molar-refractivity contribution in [1.29, 1.82) is 0 Å². The molecule has 2 aliphatic rings. The molecule has 2 aliphatic heterocycles. The number of H-pyrrole nitrogens is 1. The molecule has 0 saturated carbocycles. The van der Waals surface area contributed by atoms with Crippen LogP contribution >= 0.6 is 15.6 Å². The summed E-state index contributed by atoms with van der Waals surface area (Å²) < 4.78 is 54.4. The van der Waals surface area contributed by atoms with Gasteiger partial charge < -0.3 is 33.6 Å². The van der Waals surface area contributed by atoms with Crippen LogP contribution in [0, 0.1) is 17.0 Å². The summed E-state index contributed by atoms with van der Waals surface area (Å²) >= 11 is 0. The van der Waals surface area contributed by atoms with Gasteiger partial charge in [-0.25, -0.2) is 9.11 Å². The number of methoxy groups -OCH3 is 1. The maximum atomic E-state index is 12.2. The molecule has 2 unspecified atom stereocenters. The Kier molecular flexibility index (Phi) is 9.17. The van der Waals surface area contributed by atoms with Gasteiger partial charge in [0, 0.05) is 37.1 Å². The second-order valence-electron chi connectivity index (χ2n) is 9.03. The summed E-state index contributed by atoms with van der Waals surface area (Å²) in [5, 5.41) is 21.8. The van der Waals surface area contributed by atoms with E-state index < -0.39 is 87.3 Å². The molecule has 0 bridgehead atoms. The van der Waals surface area contributed by atoms with E-state index >= 15 is 0 Å². The number of aromatic amines is 1. The van der Waals surface area contributed by atoms with Crippen molar-refractivity contribution < 1.29 is 56.5 Å². The Morgan fingerprint density at radius 1 is 1.29 bits per heavy atom. The van der Waals surface area contributed by atoms with Crippen molar-refractivity contribution in [1.82, 2.24) is 9.55 Å². The fourth-order valence-corrected chi connectivity index (χ4v) is 6.38. The van der Waals surface area contributed by atoms with E-state index in [2.05, 4.69) is 18.3 Å². The standard InChI is InChI=1S/C18H29N3O15P2/c1-9-7-20(17(24)19-16(9)23)13-5-11(22)12(34-13)8-32-37(27,28)36-38(29,30)35-14-6-18(3,21(25)26)15(31-4)10(2)33-14/h7,10-15,22H,5-6,8H2,1-4H3,(H,27,28)(H,29,30)(H,19,23,24)/p-2/t10-,11+,12-,13-,14-,15+,18+/m1/s1. The summed E-state index contributed by atoms with van der Waals surface area (Å²) in [7, 11) is -10.1. The molecule has 0 radical (unpaired) electrons. The number of hydrogen-bond donors (Lipinski definition) is 2. The predicted octanol–water partition coefficient (Wildman–Crippen LogP) is -1.33. The molecule has 38 heavy (non-hydrogen) atoms. The number of aromatic nitrogens is 2. The molecule has 18 nitrogen and oxygen atoms in total. The Bertz CT molecular complexity index is 1250. The number of nitrogens with zero attached hydrogens (tertiary/aromatic N) is 2. The largest absolute Gasteiger partial charge is 0.756 e. The van der Waals surface area contributed by atoms with Crippen LogP contribution in [0.2, 0.25) is 0 Å². The van der Waals surface area contributed by atoms with Crippen molar-refractivity contribution >= 4 is 15.6 Å². The maximum Gasteiger partial charge on any atom is 0.330 e. The average Bonchev–Trinajstić information content (AvgIpc) is 3.13. The highest BCUT2D eigenvalue weighted by Crippen LogP contribution is 2.57. The first kappa shape index (κ1) is 30.7. The van der Waals surface area contributed by atoms with Crippen LogP contribution in [0.5, 0.6) is 0 Å². The minimum absolute atomic E-state index is 0.179. The minimum atomic E-state index is -5.70. The molecule has 2 fully saturated rings. The molecule has 1 aromatic heterocycles. The molecule has 1 aromatic rings. The van der Waals surface area contributed by atoms with Crippen molar-refractivity contribution in [3.8, 4) is 0 Å². The zero-order valence-corrected chi connectivity index (χ0v) is 22.4. The highest BCUT2D eigenvalue weighted by Gasteiger charge is 2.56. The van der Waals surface area contributed by atoms with Gasteiger partial charge in [0.1, 0.15) is 12.3 Å². The Labute approximate surface area is 214 Å². The summed E-state index contributed by atoms with van der Waals surface area (Å²) in [6.45, 7) is 3.10. The van der Waals surface area contributed by atoms with E-state index in [0.29, 0.717) is 0 Å². The maximum absolute atomic E-state index is 12.2. The zero-order chi connectivity index (χ0) is 28.6. The van der Waals surface area contributed by atoms with Gasteiger partial charge in [-0.2, -0.15) is 0 Å². The Balaban J connectivity index is 1.61. The topological polar surface area (TPSA) is 254 Å². The second kappa shape index (κ2) is 11.3. The smallest absolute Gasteiger partial charge is 0.330 e. The van der Waals surface area contributed by atoms with Gasteiger partial charge in [-0.05, 0) is 13.8 Å². The highest BCUT2D eigenvalue weighted by molar-refractivity contribution is 7.59. The Hall–Kier alpha value is -1.82. The molecule has 0 aromatic carbocycles. The van der Waals surface area contributed by atoms with Crippen molar-refractivity contribution in [2.45, 2.75) is 76.1 Å². The van der Waals surface area contributed by atoms with Crippen molar-refractivity contribution in [3.63, 3.8) is 0 Å². The van der Waals surface area contributed by atoms with Gasteiger partial charge in [0.05, 0.1) is 25.2 Å². The van der Waals surface area contributed by atoms with E-state index in [9.17, 15) is 43.7 Å². The quantitative estimate of drug-likeness (QED) is 0.183. The number of rotatable bonds is 10. The lowest BCUT2D eigenvalue weighted by Crippen LogP contribution is -2.60. The third-order valence-corrected chi connectivity index (χ3v) is 8.72. The van der Waals surface area contributed by atoms with E-state index in [1.165, 1.54) is 34.1 Å². The van der Waals surface area contributed by atoms with Crippen LogP contribution in [-0.4, -0.2) is 69.5 Å². The normalized spacial score (nSPS) is 34.9. The van der Waals surface area contributed by atoms with Gasteiger partial charge in [0.25, 0.3) is 26.7 Å². The number of ether oxygens (including phenoxy) is 3. The first-order chi connectivity index (χ1) is 17.5. The molecule has 3 heterocycles. The number of hydrogen-bond acceptors (Lipinski definition) is 15. The van der Waals surface area contributed by atoms with E-state index in [4.69, 9.17) is 14.2 Å². The lowest BCUT2D eigenvalue weighted by atomic mass is 9.86. The molecule has 9 atom stereocenters. The summed E-state index contributed by atoms with van der Waals surface area (Å²) in [4.78, 5) is 60.9. The fourth-order valence-electron chi connectivity index (χ4n) is 4.31. The lowest BCUT2D eigenvalue weighted by molar-refractivity contribution is -0.593. The predicted molar refractivity (Wildman–Crippen MR) is 119 cm³/mol. The molecule has 2 saturated heterocycles. The van der Waals surface area contributed by atoms with E-state index in [-0.39, 0.29) is 12.0 Å². The van der Waals surface area contributed by atoms with Crippen molar-refractivity contribution in [2.75, 3.05) is 13.7 Å². The summed E-state index contributed by atoms with van der Waals surface area (Å²) in [5.41, 5.74) is -3.09. The van der Waals surface area contributed by atoms with Crippen molar-refractivity contribution in [3.05, 3.63) is 42.7 Å². The fraction of sp³-hybridized carbons (Fsp3) is 0.778.